The number of benzene rings is 1. The Balaban J connectivity index is 2.04. The lowest BCUT2D eigenvalue weighted by Gasteiger charge is -2.20. The Hall–Kier alpha value is -1.88. The average molecular weight is 258 g/mol. The van der Waals surface area contributed by atoms with Crippen molar-refractivity contribution in [3.05, 3.63) is 29.7 Å². The number of anilines is 1. The molecular formula is C14H18N4O. The molecule has 0 atom stereocenters. The maximum Gasteiger partial charge on any atom is 0.240 e. The first kappa shape index (κ1) is 12.2. The molecule has 0 amide bonds. The standard InChI is InChI=1S/C14H18N4O/c1-10-4-5-12(18-6-2-3-7-18)11(8-10)14-16-13(9-15)19-17-14/h4-5,8H,2-3,6-7,9,15H2,1H3. The Morgan fingerprint density at radius 2 is 2.11 bits per heavy atom. The van der Waals surface area contributed by atoms with Crippen molar-refractivity contribution < 1.29 is 4.52 Å². The summed E-state index contributed by atoms with van der Waals surface area (Å²) >= 11 is 0. The first-order valence-corrected chi connectivity index (χ1v) is 6.66. The first-order valence-electron chi connectivity index (χ1n) is 6.66. The molecule has 1 aliphatic heterocycles. The predicted molar refractivity (Wildman–Crippen MR) is 73.8 cm³/mol. The fourth-order valence-corrected chi connectivity index (χ4v) is 2.51. The monoisotopic (exact) mass is 258 g/mol. The highest BCUT2D eigenvalue weighted by Gasteiger charge is 2.19. The van der Waals surface area contributed by atoms with E-state index in [2.05, 4.69) is 40.2 Å². The molecule has 100 valence electrons. The van der Waals surface area contributed by atoms with Crippen molar-refractivity contribution in [2.45, 2.75) is 26.3 Å². The van der Waals surface area contributed by atoms with E-state index in [0.29, 0.717) is 11.7 Å². The summed E-state index contributed by atoms with van der Waals surface area (Å²) in [7, 11) is 0. The van der Waals surface area contributed by atoms with E-state index >= 15 is 0 Å². The van der Waals surface area contributed by atoms with Crippen molar-refractivity contribution in [1.82, 2.24) is 10.1 Å². The summed E-state index contributed by atoms with van der Waals surface area (Å²) in [5.41, 5.74) is 8.94. The van der Waals surface area contributed by atoms with Crippen LogP contribution in [0.25, 0.3) is 11.4 Å². The smallest absolute Gasteiger partial charge is 0.240 e. The van der Waals surface area contributed by atoms with Gasteiger partial charge in [-0.1, -0.05) is 16.8 Å². The molecule has 2 aromatic rings. The zero-order chi connectivity index (χ0) is 13.2. The average Bonchev–Trinajstić information content (AvgIpc) is 3.10. The number of nitrogens with zero attached hydrogens (tertiary/aromatic N) is 3. The Labute approximate surface area is 112 Å². The molecule has 0 spiro atoms. The normalized spacial score (nSPS) is 15.2. The summed E-state index contributed by atoms with van der Waals surface area (Å²) in [6.07, 6.45) is 2.49. The van der Waals surface area contributed by atoms with Crippen molar-refractivity contribution in [3.63, 3.8) is 0 Å². The highest BCUT2D eigenvalue weighted by molar-refractivity contribution is 5.75. The highest BCUT2D eigenvalue weighted by atomic mass is 16.5. The third-order valence-electron chi connectivity index (χ3n) is 3.48. The van der Waals surface area contributed by atoms with E-state index in [1.807, 2.05) is 0 Å². The number of aromatic nitrogens is 2. The van der Waals surface area contributed by atoms with Gasteiger partial charge in [-0.05, 0) is 31.9 Å². The quantitative estimate of drug-likeness (QED) is 0.913. The summed E-state index contributed by atoms with van der Waals surface area (Å²) < 4.78 is 5.12. The van der Waals surface area contributed by atoms with Gasteiger partial charge in [-0.2, -0.15) is 4.98 Å². The molecule has 2 N–H and O–H groups in total. The molecule has 2 heterocycles. The Kier molecular flexibility index (Phi) is 3.21. The summed E-state index contributed by atoms with van der Waals surface area (Å²) in [6.45, 7) is 4.54. The molecular weight excluding hydrogens is 240 g/mol. The van der Waals surface area contributed by atoms with Gasteiger partial charge in [0.05, 0.1) is 6.54 Å². The zero-order valence-corrected chi connectivity index (χ0v) is 11.1. The van der Waals surface area contributed by atoms with Crippen molar-refractivity contribution in [2.75, 3.05) is 18.0 Å². The van der Waals surface area contributed by atoms with Crippen LogP contribution in [0.2, 0.25) is 0 Å². The van der Waals surface area contributed by atoms with Crippen molar-refractivity contribution in [2.24, 2.45) is 5.73 Å². The maximum atomic E-state index is 5.52. The van der Waals surface area contributed by atoms with Crippen LogP contribution in [0.1, 0.15) is 24.3 Å². The lowest BCUT2D eigenvalue weighted by Crippen LogP contribution is -2.18. The molecule has 5 nitrogen and oxygen atoms in total. The minimum Gasteiger partial charge on any atom is -0.371 e. The Morgan fingerprint density at radius 1 is 1.32 bits per heavy atom. The van der Waals surface area contributed by atoms with Crippen LogP contribution in [0.3, 0.4) is 0 Å². The highest BCUT2D eigenvalue weighted by Crippen LogP contribution is 2.32. The molecule has 1 saturated heterocycles. The molecule has 19 heavy (non-hydrogen) atoms. The summed E-state index contributed by atoms with van der Waals surface area (Å²) in [5.74, 6) is 1.11. The van der Waals surface area contributed by atoms with Crippen LogP contribution in [-0.4, -0.2) is 23.2 Å². The van der Waals surface area contributed by atoms with Gasteiger partial charge < -0.3 is 15.2 Å². The van der Waals surface area contributed by atoms with E-state index in [1.165, 1.54) is 24.1 Å². The van der Waals surface area contributed by atoms with Gasteiger partial charge in [0.25, 0.3) is 0 Å². The van der Waals surface area contributed by atoms with Gasteiger partial charge in [-0.25, -0.2) is 0 Å². The van der Waals surface area contributed by atoms with Gasteiger partial charge in [-0.3, -0.25) is 0 Å². The molecule has 0 saturated carbocycles. The van der Waals surface area contributed by atoms with Gasteiger partial charge in [0.2, 0.25) is 11.7 Å². The number of nitrogens with two attached hydrogens (primary N) is 1. The van der Waals surface area contributed by atoms with Gasteiger partial charge in [-0.15, -0.1) is 0 Å². The van der Waals surface area contributed by atoms with E-state index in [0.717, 1.165) is 18.7 Å². The molecule has 0 radical (unpaired) electrons. The van der Waals surface area contributed by atoms with Crippen LogP contribution < -0.4 is 10.6 Å². The predicted octanol–water partition coefficient (Wildman–Crippen LogP) is 2.10. The Morgan fingerprint density at radius 3 is 2.79 bits per heavy atom. The lowest BCUT2D eigenvalue weighted by molar-refractivity contribution is 0.380. The van der Waals surface area contributed by atoms with Crippen molar-refractivity contribution >= 4 is 5.69 Å². The SMILES string of the molecule is Cc1ccc(N2CCCC2)c(-c2noc(CN)n2)c1. The number of hydrogen-bond donors (Lipinski definition) is 1. The fourth-order valence-electron chi connectivity index (χ4n) is 2.51. The second kappa shape index (κ2) is 5.01. The molecule has 3 rings (SSSR count). The first-order chi connectivity index (χ1) is 9.28. The minimum absolute atomic E-state index is 0.276. The van der Waals surface area contributed by atoms with Gasteiger partial charge >= 0.3 is 0 Å². The zero-order valence-electron chi connectivity index (χ0n) is 11.1. The second-order valence-electron chi connectivity index (χ2n) is 4.93. The number of rotatable bonds is 3. The third kappa shape index (κ3) is 2.33. The van der Waals surface area contributed by atoms with Crippen molar-refractivity contribution in [1.29, 1.82) is 0 Å². The largest absolute Gasteiger partial charge is 0.371 e. The van der Waals surface area contributed by atoms with Crippen LogP contribution in [0.5, 0.6) is 0 Å². The van der Waals surface area contributed by atoms with Crippen LogP contribution in [-0.2, 0) is 6.54 Å². The molecule has 0 bridgehead atoms. The van der Waals surface area contributed by atoms with E-state index in [-0.39, 0.29) is 6.54 Å². The topological polar surface area (TPSA) is 68.2 Å². The maximum absolute atomic E-state index is 5.52. The molecule has 1 aliphatic rings. The summed E-state index contributed by atoms with van der Waals surface area (Å²) in [4.78, 5) is 6.72. The third-order valence-corrected chi connectivity index (χ3v) is 3.48. The molecule has 1 aromatic heterocycles. The van der Waals surface area contributed by atoms with Crippen LogP contribution in [0, 0.1) is 6.92 Å². The van der Waals surface area contributed by atoms with Crippen LogP contribution in [0.4, 0.5) is 5.69 Å². The van der Waals surface area contributed by atoms with E-state index in [9.17, 15) is 0 Å². The molecule has 0 aliphatic carbocycles. The van der Waals surface area contributed by atoms with Crippen LogP contribution >= 0.6 is 0 Å². The second-order valence-corrected chi connectivity index (χ2v) is 4.93. The van der Waals surface area contributed by atoms with Crippen LogP contribution in [0.15, 0.2) is 22.7 Å². The molecule has 5 heteroatoms. The van der Waals surface area contributed by atoms with Gasteiger partial charge in [0.1, 0.15) is 0 Å². The molecule has 0 unspecified atom stereocenters. The molecule has 1 aromatic carbocycles. The molecule has 1 fully saturated rings. The summed E-state index contributed by atoms with van der Waals surface area (Å²) in [5, 5.41) is 4.04. The van der Waals surface area contributed by atoms with E-state index in [1.54, 1.807) is 0 Å². The van der Waals surface area contributed by atoms with Gasteiger partial charge in [0.15, 0.2) is 0 Å². The van der Waals surface area contributed by atoms with E-state index < -0.39 is 0 Å². The minimum atomic E-state index is 0.276. The van der Waals surface area contributed by atoms with E-state index in [4.69, 9.17) is 10.3 Å². The van der Waals surface area contributed by atoms with Crippen molar-refractivity contribution in [3.8, 4) is 11.4 Å². The Bertz CT molecular complexity index is 573. The summed E-state index contributed by atoms with van der Waals surface area (Å²) in [6, 6.07) is 6.38. The number of aryl methyl sites for hydroxylation is 1. The van der Waals surface area contributed by atoms with Gasteiger partial charge in [0, 0.05) is 24.3 Å². The number of hydrogen-bond acceptors (Lipinski definition) is 5. The fraction of sp³-hybridized carbons (Fsp3) is 0.429. The lowest BCUT2D eigenvalue weighted by atomic mass is 10.1.